The van der Waals surface area contributed by atoms with Gasteiger partial charge in [0, 0.05) is 74.9 Å². The number of alkyl halides is 2. The van der Waals surface area contributed by atoms with Gasteiger partial charge in [-0.3, -0.25) is 0 Å². The van der Waals surface area contributed by atoms with E-state index in [0.717, 1.165) is 19.6 Å². The lowest BCUT2D eigenvalue weighted by molar-refractivity contribution is 0.137. The van der Waals surface area contributed by atoms with Gasteiger partial charge in [-0.15, -0.1) is 0 Å². The van der Waals surface area contributed by atoms with Crippen LogP contribution in [0.5, 0.6) is 0 Å². The Balaban J connectivity index is 0.000000191. The Kier molecular flexibility index (Phi) is 14.4. The lowest BCUT2D eigenvalue weighted by Gasteiger charge is -2.39. The summed E-state index contributed by atoms with van der Waals surface area (Å²) in [4.78, 5) is 25.1. The van der Waals surface area contributed by atoms with Gasteiger partial charge in [-0.2, -0.15) is 8.78 Å². The van der Waals surface area contributed by atoms with Crippen LogP contribution in [0.4, 0.5) is 23.4 Å². The van der Waals surface area contributed by atoms with E-state index in [4.69, 9.17) is 58.0 Å². The summed E-state index contributed by atoms with van der Waals surface area (Å²) in [6.45, 7) is 10.4. The average Bonchev–Trinajstić information content (AvgIpc) is 3.08. The molecule has 0 saturated carbocycles. The zero-order valence-corrected chi connectivity index (χ0v) is 31.7. The van der Waals surface area contributed by atoms with Gasteiger partial charge in [0.15, 0.2) is 32.9 Å². The van der Waals surface area contributed by atoms with Crippen molar-refractivity contribution in [3.8, 4) is 22.8 Å². The highest BCUT2D eigenvalue weighted by atomic mass is 35.5. The fourth-order valence-electron chi connectivity index (χ4n) is 4.89. The minimum absolute atomic E-state index is 0.0221. The molecular weight excluding hydrogens is 778 g/mol. The molecule has 6 rings (SSSR count). The van der Waals surface area contributed by atoms with Crippen molar-refractivity contribution < 1.29 is 17.6 Å². The number of nitrogens with zero attached hydrogens (tertiary/aromatic N) is 7. The minimum atomic E-state index is -1.40. The van der Waals surface area contributed by atoms with Crippen molar-refractivity contribution in [3.63, 3.8) is 0 Å². The van der Waals surface area contributed by atoms with Gasteiger partial charge in [0.1, 0.15) is 21.4 Å². The van der Waals surface area contributed by atoms with E-state index in [2.05, 4.69) is 45.9 Å². The number of hydrogen-bond donors (Lipinski definition) is 3. The molecule has 2 aliphatic rings. The van der Waals surface area contributed by atoms with Crippen LogP contribution in [0.1, 0.15) is 27.7 Å². The second-order valence-electron chi connectivity index (χ2n) is 12.4. The Morgan fingerprint density at radius 2 is 1.18 bits per heavy atom. The Morgan fingerprint density at radius 1 is 0.686 bits per heavy atom. The Bertz CT molecular complexity index is 1770. The Labute approximate surface area is 318 Å². The van der Waals surface area contributed by atoms with Crippen molar-refractivity contribution in [2.24, 2.45) is 0 Å². The molecule has 2 unspecified atom stereocenters. The third-order valence-electron chi connectivity index (χ3n) is 7.71. The molecule has 276 valence electrons. The molecule has 4 aromatic heterocycles. The smallest absolute Gasteiger partial charge is 0.213 e. The maximum atomic E-state index is 14.3. The molecule has 4 aromatic rings. The van der Waals surface area contributed by atoms with Gasteiger partial charge in [-0.25, -0.2) is 38.7 Å². The van der Waals surface area contributed by atoms with Crippen LogP contribution >= 0.6 is 58.0 Å². The molecule has 0 aromatic carbocycles. The van der Waals surface area contributed by atoms with E-state index in [0.29, 0.717) is 36.6 Å². The average molecular weight is 813 g/mol. The second-order valence-corrected chi connectivity index (χ2v) is 14.3. The second kappa shape index (κ2) is 17.9. The van der Waals surface area contributed by atoms with E-state index in [9.17, 15) is 17.6 Å². The normalized spacial score (nSPS) is 17.9. The Hall–Kier alpha value is -2.69. The molecule has 2 atom stereocenters. The first kappa shape index (κ1) is 41.1. The summed E-state index contributed by atoms with van der Waals surface area (Å²) in [5.74, 6) is -0.441. The SMILES string of the molecule is CC(C)(F)C1CN(c2nc(-c3ccnc(F)c3)nc(Cl)c2Cl)CCN1.CC(C)(F)C1CNCCN1.Fc1cc(-c2nc(Cl)c(Cl)c(Cl)n2)ccn1. The van der Waals surface area contributed by atoms with Gasteiger partial charge < -0.3 is 20.9 Å². The molecule has 2 aliphatic heterocycles. The molecule has 3 N–H and O–H groups in total. The van der Waals surface area contributed by atoms with Gasteiger partial charge >= 0.3 is 0 Å². The van der Waals surface area contributed by atoms with E-state index >= 15 is 0 Å². The molecule has 0 bridgehead atoms. The maximum absolute atomic E-state index is 14.3. The van der Waals surface area contributed by atoms with E-state index in [1.54, 1.807) is 26.0 Å². The van der Waals surface area contributed by atoms with Crippen LogP contribution in [0.25, 0.3) is 22.8 Å². The van der Waals surface area contributed by atoms with Crippen molar-refractivity contribution in [2.75, 3.05) is 44.2 Å². The van der Waals surface area contributed by atoms with Crippen molar-refractivity contribution in [1.82, 2.24) is 45.9 Å². The first-order chi connectivity index (χ1) is 23.9. The van der Waals surface area contributed by atoms with Crippen LogP contribution in [0.3, 0.4) is 0 Å². The first-order valence-electron chi connectivity index (χ1n) is 15.6. The molecule has 2 saturated heterocycles. The summed E-state index contributed by atoms with van der Waals surface area (Å²) in [6, 6.07) is 5.11. The summed E-state index contributed by atoms with van der Waals surface area (Å²) in [7, 11) is 0. The molecule has 10 nitrogen and oxygen atoms in total. The van der Waals surface area contributed by atoms with Gasteiger partial charge in [-0.05, 0) is 39.8 Å². The molecule has 2 fully saturated rings. The van der Waals surface area contributed by atoms with Crippen LogP contribution in [0.2, 0.25) is 25.5 Å². The number of nitrogens with one attached hydrogen (secondary N) is 3. The lowest BCUT2D eigenvalue weighted by Crippen LogP contribution is -2.58. The van der Waals surface area contributed by atoms with Crippen molar-refractivity contribution in [2.45, 2.75) is 51.1 Å². The minimum Gasteiger partial charge on any atom is -0.352 e. The van der Waals surface area contributed by atoms with Crippen LogP contribution in [0.15, 0.2) is 36.7 Å². The summed E-state index contributed by atoms with van der Waals surface area (Å²) < 4.78 is 53.7. The standard InChI is InChI=1S/C16H17Cl2F2N5.C9H3Cl3FN3.C7H15FN2/c1-16(2,20)10-8-25(6-5-21-10)15-12(17)13(18)23-14(24-15)9-3-4-22-11(19)7-9;10-6-7(11)15-9(16-8(6)12)4-1-2-14-5(13)3-4;1-7(2,8)6-5-9-3-4-10-6/h3-4,7,10,21H,5-6,8H2,1-2H3;1-3H;6,9-10H,3-5H2,1-2H3. The molecule has 0 spiro atoms. The largest absolute Gasteiger partial charge is 0.352 e. The van der Waals surface area contributed by atoms with E-state index in [-0.39, 0.29) is 49.2 Å². The summed E-state index contributed by atoms with van der Waals surface area (Å²) >= 11 is 29.6. The van der Waals surface area contributed by atoms with E-state index < -0.39 is 23.2 Å². The predicted molar refractivity (Wildman–Crippen MR) is 195 cm³/mol. The van der Waals surface area contributed by atoms with Gasteiger partial charge in [0.05, 0.1) is 12.1 Å². The monoisotopic (exact) mass is 810 g/mol. The summed E-state index contributed by atoms with van der Waals surface area (Å²) in [6.07, 6.45) is 2.62. The third-order valence-corrected chi connectivity index (χ3v) is 9.52. The zero-order valence-electron chi connectivity index (χ0n) is 27.9. The van der Waals surface area contributed by atoms with Crippen molar-refractivity contribution >= 4 is 63.8 Å². The van der Waals surface area contributed by atoms with E-state index in [1.165, 1.54) is 38.4 Å². The van der Waals surface area contributed by atoms with Gasteiger partial charge in [-0.1, -0.05) is 58.0 Å². The number of pyridine rings is 2. The highest BCUT2D eigenvalue weighted by molar-refractivity contribution is 6.47. The fourth-order valence-corrected chi connectivity index (χ4v) is 5.74. The lowest BCUT2D eigenvalue weighted by atomic mass is 9.98. The first-order valence-corrected chi connectivity index (χ1v) is 17.5. The molecule has 51 heavy (non-hydrogen) atoms. The van der Waals surface area contributed by atoms with Gasteiger partial charge in [0.25, 0.3) is 0 Å². The number of aromatic nitrogens is 6. The highest BCUT2D eigenvalue weighted by Crippen LogP contribution is 2.34. The quantitative estimate of drug-likeness (QED) is 0.107. The predicted octanol–water partition coefficient (Wildman–Crippen LogP) is 7.44. The van der Waals surface area contributed by atoms with Gasteiger partial charge in [0.2, 0.25) is 11.9 Å². The molecule has 6 heterocycles. The topological polar surface area (TPSA) is 117 Å². The van der Waals surface area contributed by atoms with E-state index in [1.807, 2.05) is 4.90 Å². The van der Waals surface area contributed by atoms with Crippen LogP contribution < -0.4 is 20.9 Å². The maximum Gasteiger partial charge on any atom is 0.213 e. The molecule has 0 aliphatic carbocycles. The molecule has 0 radical (unpaired) electrons. The highest BCUT2D eigenvalue weighted by Gasteiger charge is 2.34. The van der Waals surface area contributed by atoms with Crippen molar-refractivity contribution in [1.29, 1.82) is 0 Å². The number of anilines is 1. The summed E-state index contributed by atoms with van der Waals surface area (Å²) in [5.41, 5.74) is -1.65. The van der Waals surface area contributed by atoms with Crippen LogP contribution in [0, 0.1) is 11.9 Å². The van der Waals surface area contributed by atoms with Crippen LogP contribution in [-0.4, -0.2) is 92.6 Å². The zero-order chi connectivity index (χ0) is 37.5. The Morgan fingerprint density at radius 3 is 1.63 bits per heavy atom. The fraction of sp³-hybridized carbons (Fsp3) is 0.438. The molecular formula is C32H35Cl5F4N10. The summed E-state index contributed by atoms with van der Waals surface area (Å²) in [5, 5.41) is 9.78. The molecule has 0 amide bonds. The molecule has 19 heteroatoms. The van der Waals surface area contributed by atoms with Crippen LogP contribution in [-0.2, 0) is 0 Å². The third kappa shape index (κ3) is 11.6. The van der Waals surface area contributed by atoms with Crippen molar-refractivity contribution in [3.05, 3.63) is 74.1 Å². The number of halogens is 9. The number of piperazine rings is 2. The number of hydrogen-bond acceptors (Lipinski definition) is 10. The number of rotatable bonds is 5.